The molecule has 0 radical (unpaired) electrons. The third-order valence-corrected chi connectivity index (χ3v) is 3.70. The van der Waals surface area contributed by atoms with E-state index in [1.807, 2.05) is 32.0 Å². The molecule has 0 bridgehead atoms. The SMILES string of the molecule is Cc1nc(OCC(C)(N)CC(C)C)c(C#N)cc1-c1ccncc1. The number of aryl methyl sites for hydroxylation is 1. The first-order valence-electron chi connectivity index (χ1n) is 8.06. The van der Waals surface area contributed by atoms with E-state index >= 15 is 0 Å². The maximum absolute atomic E-state index is 9.44. The van der Waals surface area contributed by atoms with Gasteiger partial charge in [-0.1, -0.05) is 13.8 Å². The van der Waals surface area contributed by atoms with Gasteiger partial charge in [-0.05, 0) is 49.9 Å². The molecule has 0 aliphatic carbocycles. The Morgan fingerprint density at radius 1 is 1.33 bits per heavy atom. The number of hydrogen-bond acceptors (Lipinski definition) is 5. The molecule has 2 heterocycles. The second-order valence-electron chi connectivity index (χ2n) is 6.86. The second kappa shape index (κ2) is 7.41. The van der Waals surface area contributed by atoms with Crippen LogP contribution in [0.4, 0.5) is 0 Å². The molecule has 1 atom stereocenters. The molecule has 2 N–H and O–H groups in total. The topological polar surface area (TPSA) is 84.8 Å². The Morgan fingerprint density at radius 3 is 2.58 bits per heavy atom. The summed E-state index contributed by atoms with van der Waals surface area (Å²) in [5.41, 5.74) is 8.90. The van der Waals surface area contributed by atoms with Crippen LogP contribution in [0.3, 0.4) is 0 Å². The van der Waals surface area contributed by atoms with Crippen LogP contribution < -0.4 is 10.5 Å². The summed E-state index contributed by atoms with van der Waals surface area (Å²) in [6.07, 6.45) is 4.27. The Labute approximate surface area is 143 Å². The minimum atomic E-state index is -0.458. The molecule has 0 aliphatic rings. The zero-order valence-electron chi connectivity index (χ0n) is 14.7. The van der Waals surface area contributed by atoms with E-state index in [1.165, 1.54) is 0 Å². The van der Waals surface area contributed by atoms with Gasteiger partial charge in [0.15, 0.2) is 0 Å². The summed E-state index contributed by atoms with van der Waals surface area (Å²) >= 11 is 0. The van der Waals surface area contributed by atoms with Gasteiger partial charge in [0.25, 0.3) is 0 Å². The minimum absolute atomic E-state index is 0.320. The summed E-state index contributed by atoms with van der Waals surface area (Å²) < 4.78 is 5.79. The lowest BCUT2D eigenvalue weighted by Gasteiger charge is -2.26. The highest BCUT2D eigenvalue weighted by Crippen LogP contribution is 2.27. The van der Waals surface area contributed by atoms with Gasteiger partial charge >= 0.3 is 0 Å². The number of hydrogen-bond donors (Lipinski definition) is 1. The van der Waals surface area contributed by atoms with E-state index in [0.29, 0.717) is 24.0 Å². The van der Waals surface area contributed by atoms with Gasteiger partial charge in [0.1, 0.15) is 18.2 Å². The van der Waals surface area contributed by atoms with Gasteiger partial charge in [0.05, 0.1) is 0 Å². The number of nitrogens with two attached hydrogens (primary N) is 1. The lowest BCUT2D eigenvalue weighted by molar-refractivity contribution is 0.200. The molecule has 5 nitrogen and oxygen atoms in total. The van der Waals surface area contributed by atoms with Gasteiger partial charge in [-0.3, -0.25) is 4.98 Å². The van der Waals surface area contributed by atoms with Crippen molar-refractivity contribution < 1.29 is 4.74 Å². The molecule has 5 heteroatoms. The van der Waals surface area contributed by atoms with Crippen molar-refractivity contribution >= 4 is 0 Å². The van der Waals surface area contributed by atoms with Crippen molar-refractivity contribution in [2.24, 2.45) is 11.7 Å². The maximum Gasteiger partial charge on any atom is 0.231 e. The van der Waals surface area contributed by atoms with Crippen molar-refractivity contribution in [2.75, 3.05) is 6.61 Å². The molecule has 2 rings (SSSR count). The molecule has 24 heavy (non-hydrogen) atoms. The summed E-state index contributed by atoms with van der Waals surface area (Å²) in [7, 11) is 0. The average Bonchev–Trinajstić information content (AvgIpc) is 2.52. The third kappa shape index (κ3) is 4.53. The van der Waals surface area contributed by atoms with Gasteiger partial charge in [-0.2, -0.15) is 5.26 Å². The van der Waals surface area contributed by atoms with Gasteiger partial charge in [0, 0.05) is 29.2 Å². The highest BCUT2D eigenvalue weighted by Gasteiger charge is 2.22. The standard InChI is InChI=1S/C19H24N4O/c1-13(2)10-19(4,21)12-24-18-16(11-20)9-17(14(3)23-18)15-5-7-22-8-6-15/h5-9,13H,10,12,21H2,1-4H3. The molecule has 2 aromatic rings. The lowest BCUT2D eigenvalue weighted by atomic mass is 9.93. The third-order valence-electron chi connectivity index (χ3n) is 3.70. The molecule has 0 spiro atoms. The van der Waals surface area contributed by atoms with Crippen LogP contribution in [0, 0.1) is 24.2 Å². The normalized spacial score (nSPS) is 13.4. The average molecular weight is 324 g/mol. The Balaban J connectivity index is 2.26. The van der Waals surface area contributed by atoms with Crippen LogP contribution >= 0.6 is 0 Å². The predicted molar refractivity (Wildman–Crippen MR) is 94.5 cm³/mol. The first kappa shape index (κ1) is 17.9. The van der Waals surface area contributed by atoms with Crippen LogP contribution in [0.2, 0.25) is 0 Å². The fourth-order valence-corrected chi connectivity index (χ4v) is 2.82. The highest BCUT2D eigenvalue weighted by molar-refractivity contribution is 5.68. The van der Waals surface area contributed by atoms with Crippen LogP contribution in [0.1, 0.15) is 38.4 Å². The first-order valence-corrected chi connectivity index (χ1v) is 8.06. The van der Waals surface area contributed by atoms with Crippen molar-refractivity contribution in [3.05, 3.63) is 41.9 Å². The molecule has 1 unspecified atom stereocenters. The van der Waals surface area contributed by atoms with Crippen molar-refractivity contribution in [1.29, 1.82) is 5.26 Å². The van der Waals surface area contributed by atoms with E-state index in [1.54, 1.807) is 12.4 Å². The molecule has 0 amide bonds. The number of aromatic nitrogens is 2. The zero-order valence-corrected chi connectivity index (χ0v) is 14.7. The summed E-state index contributed by atoms with van der Waals surface area (Å²) in [5.74, 6) is 0.816. The quantitative estimate of drug-likeness (QED) is 0.879. The molecular weight excluding hydrogens is 300 g/mol. The minimum Gasteiger partial charge on any atom is -0.475 e. The molecule has 126 valence electrons. The maximum atomic E-state index is 9.44. The lowest BCUT2D eigenvalue weighted by Crippen LogP contribution is -2.43. The molecule has 0 aromatic carbocycles. The van der Waals surface area contributed by atoms with Crippen molar-refractivity contribution in [1.82, 2.24) is 9.97 Å². The number of nitriles is 1. The molecule has 0 aliphatic heterocycles. The Bertz CT molecular complexity index is 733. The molecule has 0 saturated carbocycles. The Hall–Kier alpha value is -2.45. The van der Waals surface area contributed by atoms with Crippen LogP contribution in [0.5, 0.6) is 5.88 Å². The van der Waals surface area contributed by atoms with Crippen molar-refractivity contribution in [3.63, 3.8) is 0 Å². The van der Waals surface area contributed by atoms with E-state index in [9.17, 15) is 5.26 Å². The van der Waals surface area contributed by atoms with Gasteiger partial charge in [0.2, 0.25) is 5.88 Å². The monoisotopic (exact) mass is 324 g/mol. The summed E-state index contributed by atoms with van der Waals surface area (Å²) in [5, 5.41) is 9.44. The fraction of sp³-hybridized carbons (Fsp3) is 0.421. The van der Waals surface area contributed by atoms with Crippen molar-refractivity contribution in [2.45, 2.75) is 39.7 Å². The zero-order chi connectivity index (χ0) is 17.7. The number of rotatable bonds is 6. The summed E-state index contributed by atoms with van der Waals surface area (Å²) in [6.45, 7) is 8.42. The van der Waals surface area contributed by atoms with E-state index in [0.717, 1.165) is 23.2 Å². The predicted octanol–water partition coefficient (Wildman–Crippen LogP) is 3.47. The first-order chi connectivity index (χ1) is 11.3. The smallest absolute Gasteiger partial charge is 0.231 e. The summed E-state index contributed by atoms with van der Waals surface area (Å²) in [4.78, 5) is 8.50. The van der Waals surface area contributed by atoms with E-state index in [4.69, 9.17) is 10.5 Å². The second-order valence-corrected chi connectivity index (χ2v) is 6.86. The van der Waals surface area contributed by atoms with Gasteiger partial charge < -0.3 is 10.5 Å². The van der Waals surface area contributed by atoms with E-state index < -0.39 is 5.54 Å². The van der Waals surface area contributed by atoms with Crippen LogP contribution in [-0.2, 0) is 0 Å². The highest BCUT2D eigenvalue weighted by atomic mass is 16.5. The van der Waals surface area contributed by atoms with E-state index in [2.05, 4.69) is 29.9 Å². The number of ether oxygens (including phenoxy) is 1. The molecule has 0 fully saturated rings. The Kier molecular flexibility index (Phi) is 5.53. The molecule has 0 saturated heterocycles. The van der Waals surface area contributed by atoms with Crippen LogP contribution in [0.25, 0.3) is 11.1 Å². The molecule has 2 aromatic heterocycles. The van der Waals surface area contributed by atoms with Gasteiger partial charge in [-0.15, -0.1) is 0 Å². The number of pyridine rings is 2. The summed E-state index contributed by atoms with van der Waals surface area (Å²) in [6, 6.07) is 7.76. The molecular formula is C19H24N4O. The van der Waals surface area contributed by atoms with Gasteiger partial charge in [-0.25, -0.2) is 4.98 Å². The van der Waals surface area contributed by atoms with E-state index in [-0.39, 0.29) is 0 Å². The van der Waals surface area contributed by atoms with Crippen LogP contribution in [0.15, 0.2) is 30.6 Å². The fourth-order valence-electron chi connectivity index (χ4n) is 2.82. The van der Waals surface area contributed by atoms with Crippen LogP contribution in [-0.4, -0.2) is 22.1 Å². The Morgan fingerprint density at radius 2 is 2.00 bits per heavy atom. The van der Waals surface area contributed by atoms with Crippen molar-refractivity contribution in [3.8, 4) is 23.1 Å². The number of nitrogens with zero attached hydrogens (tertiary/aromatic N) is 3. The largest absolute Gasteiger partial charge is 0.475 e.